The average molecular weight is 341 g/mol. The van der Waals surface area contributed by atoms with Crippen molar-refractivity contribution in [1.82, 2.24) is 19.6 Å². The van der Waals surface area contributed by atoms with Gasteiger partial charge in [0.2, 0.25) is 0 Å². The summed E-state index contributed by atoms with van der Waals surface area (Å²) in [7, 11) is 0. The molecule has 140 valence electrons. The van der Waals surface area contributed by atoms with Gasteiger partial charge in [0, 0.05) is 78.5 Å². The number of carbonyl (C=O) groups excluding carboxylic acids is 1. The van der Waals surface area contributed by atoms with Crippen LogP contribution >= 0.6 is 0 Å². The highest BCUT2D eigenvalue weighted by molar-refractivity contribution is 5.88. The molecule has 0 aromatic carbocycles. The first kappa shape index (κ1) is 19.8. The zero-order valence-electron chi connectivity index (χ0n) is 15.5. The van der Waals surface area contributed by atoms with Gasteiger partial charge in [-0.3, -0.25) is 24.4 Å². The number of piperazine rings is 2. The van der Waals surface area contributed by atoms with Gasteiger partial charge in [-0.2, -0.15) is 0 Å². The second-order valence-corrected chi connectivity index (χ2v) is 7.09. The summed E-state index contributed by atoms with van der Waals surface area (Å²) in [5.41, 5.74) is 11.3. The molecule has 0 spiro atoms. The highest BCUT2D eigenvalue weighted by atomic mass is 16.1. The van der Waals surface area contributed by atoms with Crippen LogP contribution in [-0.4, -0.2) is 116 Å². The molecule has 2 unspecified atom stereocenters. The molecule has 24 heavy (non-hydrogen) atoms. The van der Waals surface area contributed by atoms with Crippen LogP contribution in [-0.2, 0) is 4.79 Å². The number of hydrogen-bond donors (Lipinski definition) is 2. The SMILES string of the molecule is CC(C(=O)C(C)N1CCN(CCN)CC1)N1CCN(CCN)CC1. The van der Waals surface area contributed by atoms with Gasteiger partial charge in [-0.05, 0) is 13.8 Å². The number of nitrogens with two attached hydrogens (primary N) is 2. The Morgan fingerprint density at radius 2 is 1.08 bits per heavy atom. The lowest BCUT2D eigenvalue weighted by Crippen LogP contribution is -2.57. The second kappa shape index (κ2) is 9.79. The zero-order valence-corrected chi connectivity index (χ0v) is 15.5. The molecule has 2 fully saturated rings. The van der Waals surface area contributed by atoms with Crippen molar-refractivity contribution in [2.45, 2.75) is 25.9 Å². The van der Waals surface area contributed by atoms with Crippen molar-refractivity contribution in [2.24, 2.45) is 11.5 Å². The smallest absolute Gasteiger partial charge is 0.166 e. The minimum atomic E-state index is 0.00194. The summed E-state index contributed by atoms with van der Waals surface area (Å²) in [5.74, 6) is 0.356. The molecule has 2 heterocycles. The number of nitrogens with zero attached hydrogens (tertiary/aromatic N) is 4. The van der Waals surface area contributed by atoms with Crippen LogP contribution in [0.4, 0.5) is 0 Å². The number of rotatable bonds is 8. The van der Waals surface area contributed by atoms with Gasteiger partial charge < -0.3 is 11.5 Å². The third-order valence-electron chi connectivity index (χ3n) is 5.62. The van der Waals surface area contributed by atoms with Gasteiger partial charge in [-0.1, -0.05) is 0 Å². The summed E-state index contributed by atoms with van der Waals surface area (Å²) in [6.07, 6.45) is 0. The van der Waals surface area contributed by atoms with E-state index in [2.05, 4.69) is 33.4 Å². The summed E-state index contributed by atoms with van der Waals surface area (Å²) in [6, 6.07) is 0.00389. The maximum atomic E-state index is 12.9. The Hall–Kier alpha value is -0.570. The Morgan fingerprint density at radius 3 is 1.38 bits per heavy atom. The fraction of sp³-hybridized carbons (Fsp3) is 0.941. The Kier molecular flexibility index (Phi) is 8.06. The van der Waals surface area contributed by atoms with Crippen LogP contribution in [0.1, 0.15) is 13.8 Å². The minimum absolute atomic E-state index is 0.00194. The van der Waals surface area contributed by atoms with Gasteiger partial charge in [-0.25, -0.2) is 0 Å². The van der Waals surface area contributed by atoms with Crippen molar-refractivity contribution in [2.75, 3.05) is 78.5 Å². The van der Waals surface area contributed by atoms with Crippen LogP contribution in [0.15, 0.2) is 0 Å². The van der Waals surface area contributed by atoms with Crippen molar-refractivity contribution >= 4 is 5.78 Å². The van der Waals surface area contributed by atoms with Crippen LogP contribution in [0, 0.1) is 0 Å². The summed E-state index contributed by atoms with van der Waals surface area (Å²) >= 11 is 0. The lowest BCUT2D eigenvalue weighted by molar-refractivity contribution is -0.130. The van der Waals surface area contributed by atoms with Crippen molar-refractivity contribution in [3.8, 4) is 0 Å². The molecule has 2 aliphatic rings. The van der Waals surface area contributed by atoms with Gasteiger partial charge in [0.05, 0.1) is 12.1 Å². The maximum absolute atomic E-state index is 12.9. The van der Waals surface area contributed by atoms with Crippen molar-refractivity contribution in [1.29, 1.82) is 0 Å². The standard InChI is InChI=1S/C17H36N6O/c1-15(22-11-7-20(5-3-18)8-12-22)17(24)16(2)23-13-9-21(6-4-19)10-14-23/h15-16H,3-14,18-19H2,1-2H3. The summed E-state index contributed by atoms with van der Waals surface area (Å²) in [6.45, 7) is 15.4. The van der Waals surface area contributed by atoms with Gasteiger partial charge >= 0.3 is 0 Å². The first-order valence-electron chi connectivity index (χ1n) is 9.43. The molecule has 2 rings (SSSR count). The molecule has 2 aliphatic heterocycles. The number of carbonyl (C=O) groups is 1. The molecule has 2 atom stereocenters. The third kappa shape index (κ3) is 5.21. The van der Waals surface area contributed by atoms with Crippen LogP contribution < -0.4 is 11.5 Å². The highest BCUT2D eigenvalue weighted by Crippen LogP contribution is 2.13. The van der Waals surface area contributed by atoms with E-state index >= 15 is 0 Å². The molecule has 0 amide bonds. The summed E-state index contributed by atoms with van der Waals surface area (Å²) < 4.78 is 0. The van der Waals surface area contributed by atoms with Crippen LogP contribution in [0.25, 0.3) is 0 Å². The first-order valence-corrected chi connectivity index (χ1v) is 9.43. The predicted octanol–water partition coefficient (Wildman–Crippen LogP) is -1.51. The normalized spacial score (nSPS) is 24.8. The molecule has 0 aromatic rings. The monoisotopic (exact) mass is 340 g/mol. The topological polar surface area (TPSA) is 82.1 Å². The molecule has 0 aliphatic carbocycles. The number of Topliss-reactive ketones (excluding diaryl/α,β-unsaturated/α-hetero) is 1. The largest absolute Gasteiger partial charge is 0.329 e. The number of hydrogen-bond acceptors (Lipinski definition) is 7. The van der Waals surface area contributed by atoms with E-state index in [1.165, 1.54) is 0 Å². The van der Waals surface area contributed by atoms with E-state index in [1.54, 1.807) is 0 Å². The molecule has 0 aromatic heterocycles. The zero-order chi connectivity index (χ0) is 17.5. The van der Waals surface area contributed by atoms with Crippen LogP contribution in [0.5, 0.6) is 0 Å². The lowest BCUT2D eigenvalue weighted by atomic mass is 10.0. The Bertz CT molecular complexity index is 343. The maximum Gasteiger partial charge on any atom is 0.166 e. The van der Waals surface area contributed by atoms with E-state index in [0.29, 0.717) is 18.9 Å². The van der Waals surface area contributed by atoms with E-state index in [0.717, 1.165) is 65.4 Å². The molecule has 4 N–H and O–H groups in total. The summed E-state index contributed by atoms with van der Waals surface area (Å²) in [5, 5.41) is 0. The van der Waals surface area contributed by atoms with Crippen molar-refractivity contribution in [3.63, 3.8) is 0 Å². The number of ketones is 1. The second-order valence-electron chi connectivity index (χ2n) is 7.09. The van der Waals surface area contributed by atoms with Gasteiger partial charge in [0.1, 0.15) is 0 Å². The molecule has 0 saturated carbocycles. The van der Waals surface area contributed by atoms with Gasteiger partial charge in [-0.15, -0.1) is 0 Å². The van der Waals surface area contributed by atoms with E-state index in [1.807, 2.05) is 0 Å². The average Bonchev–Trinajstić information content (AvgIpc) is 2.62. The van der Waals surface area contributed by atoms with Crippen LogP contribution in [0.3, 0.4) is 0 Å². The fourth-order valence-electron chi connectivity index (χ4n) is 3.82. The lowest BCUT2D eigenvalue weighted by Gasteiger charge is -2.41. The Labute approximate surface area is 146 Å². The molecule has 7 heteroatoms. The molecule has 0 radical (unpaired) electrons. The molecule has 2 saturated heterocycles. The summed E-state index contributed by atoms with van der Waals surface area (Å²) in [4.78, 5) is 22.3. The molecule has 0 bridgehead atoms. The minimum Gasteiger partial charge on any atom is -0.329 e. The molecule has 7 nitrogen and oxygen atoms in total. The van der Waals surface area contributed by atoms with E-state index in [-0.39, 0.29) is 12.1 Å². The predicted molar refractivity (Wildman–Crippen MR) is 98.1 cm³/mol. The quantitative estimate of drug-likeness (QED) is 0.556. The molecular formula is C17H36N6O. The Balaban J connectivity index is 1.78. The van der Waals surface area contributed by atoms with E-state index in [9.17, 15) is 4.79 Å². The third-order valence-corrected chi connectivity index (χ3v) is 5.62. The van der Waals surface area contributed by atoms with Crippen molar-refractivity contribution < 1.29 is 4.79 Å². The van der Waals surface area contributed by atoms with Crippen LogP contribution in [0.2, 0.25) is 0 Å². The van der Waals surface area contributed by atoms with E-state index < -0.39 is 0 Å². The molecular weight excluding hydrogens is 304 g/mol. The van der Waals surface area contributed by atoms with Gasteiger partial charge in [0.15, 0.2) is 5.78 Å². The highest BCUT2D eigenvalue weighted by Gasteiger charge is 2.32. The fourth-order valence-corrected chi connectivity index (χ4v) is 3.82. The van der Waals surface area contributed by atoms with Gasteiger partial charge in [0.25, 0.3) is 0 Å². The van der Waals surface area contributed by atoms with E-state index in [4.69, 9.17) is 11.5 Å². The van der Waals surface area contributed by atoms with Crippen molar-refractivity contribution in [3.05, 3.63) is 0 Å². The first-order chi connectivity index (χ1) is 11.6. The Morgan fingerprint density at radius 1 is 0.750 bits per heavy atom.